The molecule has 0 aliphatic carbocycles. The highest BCUT2D eigenvalue weighted by Gasteiger charge is 2.32. The molecule has 0 radical (unpaired) electrons. The third kappa shape index (κ3) is 35.5. The van der Waals surface area contributed by atoms with Gasteiger partial charge in [0.2, 0.25) is 0 Å². The third-order valence-electron chi connectivity index (χ3n) is 10.2. The van der Waals surface area contributed by atoms with E-state index in [0.29, 0.717) is 0 Å². The maximum Gasteiger partial charge on any atom is 0.0780 e. The Kier molecular flexibility index (Phi) is 31.7. The molecule has 0 spiro atoms. The zero-order valence-electron chi connectivity index (χ0n) is 34.3. The van der Waals surface area contributed by atoms with E-state index in [4.69, 9.17) is 9.47 Å². The molecular formula is C43H92N2O2+2. The average Bonchev–Trinajstić information content (AvgIpc) is 3.00. The van der Waals surface area contributed by atoms with Crippen molar-refractivity contribution in [2.75, 3.05) is 81.8 Å². The number of rotatable bonds is 38. The second-order valence-electron chi connectivity index (χ2n) is 17.6. The van der Waals surface area contributed by atoms with Gasteiger partial charge in [-0.25, -0.2) is 0 Å². The summed E-state index contributed by atoms with van der Waals surface area (Å²) in [6, 6.07) is 0. The Hall–Kier alpha value is -0.160. The molecular weight excluding hydrogens is 576 g/mol. The van der Waals surface area contributed by atoms with Crippen molar-refractivity contribution in [3.8, 4) is 0 Å². The first-order valence-corrected chi connectivity index (χ1v) is 21.3. The smallest absolute Gasteiger partial charge is 0.0780 e. The topological polar surface area (TPSA) is 18.5 Å². The van der Waals surface area contributed by atoms with Gasteiger partial charge in [-0.2, -0.15) is 0 Å². The molecule has 0 bridgehead atoms. The summed E-state index contributed by atoms with van der Waals surface area (Å²) in [6.07, 6.45) is 38.4. The SMILES string of the molecule is CCCCCCCCCCCCCCOCC(CCC[N+](C)(C)C)(CCC[N+](C)(C)C)COCCCCCCCCCCCCCC. The molecule has 4 nitrogen and oxygen atoms in total. The number of ether oxygens (including phenoxy) is 2. The Balaban J connectivity index is 4.56. The van der Waals surface area contributed by atoms with Crippen LogP contribution in [0.1, 0.15) is 194 Å². The van der Waals surface area contributed by atoms with Crippen LogP contribution in [-0.2, 0) is 9.47 Å². The monoisotopic (exact) mass is 669 g/mol. The molecule has 0 saturated carbocycles. The Bertz CT molecular complexity index is 570. The van der Waals surface area contributed by atoms with Gasteiger partial charge in [0.05, 0.1) is 68.6 Å². The van der Waals surface area contributed by atoms with Crippen LogP contribution in [0.25, 0.3) is 0 Å². The zero-order chi connectivity index (χ0) is 35.0. The highest BCUT2D eigenvalue weighted by molar-refractivity contribution is 4.80. The fourth-order valence-corrected chi connectivity index (χ4v) is 6.98. The molecule has 4 heteroatoms. The van der Waals surface area contributed by atoms with E-state index in [0.717, 1.165) is 35.4 Å². The van der Waals surface area contributed by atoms with Gasteiger partial charge in [-0.05, 0) is 38.5 Å². The lowest BCUT2D eigenvalue weighted by atomic mass is 9.80. The van der Waals surface area contributed by atoms with Gasteiger partial charge >= 0.3 is 0 Å². The number of nitrogens with zero attached hydrogens (tertiary/aromatic N) is 2. The molecule has 0 aliphatic rings. The first-order valence-electron chi connectivity index (χ1n) is 21.3. The van der Waals surface area contributed by atoms with E-state index in [9.17, 15) is 0 Å². The fraction of sp³-hybridized carbons (Fsp3) is 1.00. The molecule has 0 aliphatic heterocycles. The number of hydrogen-bond donors (Lipinski definition) is 0. The van der Waals surface area contributed by atoms with Crippen molar-refractivity contribution in [3.63, 3.8) is 0 Å². The highest BCUT2D eigenvalue weighted by Crippen LogP contribution is 2.32. The van der Waals surface area contributed by atoms with Crippen LogP contribution in [-0.4, -0.2) is 90.8 Å². The molecule has 47 heavy (non-hydrogen) atoms. The zero-order valence-corrected chi connectivity index (χ0v) is 34.3. The molecule has 0 aromatic carbocycles. The second kappa shape index (κ2) is 31.8. The summed E-state index contributed by atoms with van der Waals surface area (Å²) in [4.78, 5) is 0. The summed E-state index contributed by atoms with van der Waals surface area (Å²) in [5, 5.41) is 0. The Morgan fingerprint density at radius 1 is 0.340 bits per heavy atom. The van der Waals surface area contributed by atoms with Gasteiger partial charge in [-0.3, -0.25) is 0 Å². The summed E-state index contributed by atoms with van der Waals surface area (Å²) in [5.74, 6) is 0. The molecule has 284 valence electrons. The molecule has 0 atom stereocenters. The van der Waals surface area contributed by atoms with Crippen molar-refractivity contribution in [1.82, 2.24) is 0 Å². The minimum atomic E-state index is 0.151. The lowest BCUT2D eigenvalue weighted by molar-refractivity contribution is -0.871. The van der Waals surface area contributed by atoms with E-state index < -0.39 is 0 Å². The predicted octanol–water partition coefficient (Wildman–Crippen LogP) is 12.4. The molecule has 0 heterocycles. The van der Waals surface area contributed by atoms with Gasteiger partial charge in [0.15, 0.2) is 0 Å². The van der Waals surface area contributed by atoms with Crippen molar-refractivity contribution >= 4 is 0 Å². The standard InChI is InChI=1S/C43H92N2O2/c1-9-11-13-15-17-19-21-23-25-27-29-31-39-46-41-43(35-33-37-44(3,4)5,36-34-38-45(6,7)8)42-47-40-32-30-28-26-24-22-20-18-16-14-12-10-2/h9-42H2,1-8H3/q+2. The Labute approximate surface area is 298 Å². The van der Waals surface area contributed by atoms with E-state index in [1.54, 1.807) is 0 Å². The van der Waals surface area contributed by atoms with Crippen LogP contribution in [0.2, 0.25) is 0 Å². The molecule has 0 amide bonds. The summed E-state index contributed by atoms with van der Waals surface area (Å²) < 4.78 is 15.1. The lowest BCUT2D eigenvalue weighted by Gasteiger charge is -2.36. The van der Waals surface area contributed by atoms with E-state index in [-0.39, 0.29) is 5.41 Å². The van der Waals surface area contributed by atoms with E-state index in [1.807, 2.05) is 0 Å². The molecule has 0 saturated heterocycles. The van der Waals surface area contributed by atoms with Gasteiger partial charge in [-0.15, -0.1) is 0 Å². The van der Waals surface area contributed by atoms with Gasteiger partial charge in [0.1, 0.15) is 0 Å². The van der Waals surface area contributed by atoms with Crippen LogP contribution >= 0.6 is 0 Å². The highest BCUT2D eigenvalue weighted by atomic mass is 16.5. The van der Waals surface area contributed by atoms with Crippen LogP contribution in [0.15, 0.2) is 0 Å². The molecule has 0 unspecified atom stereocenters. The number of quaternary nitrogens is 2. The fourth-order valence-electron chi connectivity index (χ4n) is 6.98. The van der Waals surface area contributed by atoms with Crippen molar-refractivity contribution in [1.29, 1.82) is 0 Å². The first kappa shape index (κ1) is 46.8. The summed E-state index contributed by atoms with van der Waals surface area (Å²) >= 11 is 0. The van der Waals surface area contributed by atoms with Crippen LogP contribution in [0, 0.1) is 5.41 Å². The molecule has 0 aromatic rings. The van der Waals surface area contributed by atoms with E-state index in [2.05, 4.69) is 56.1 Å². The van der Waals surface area contributed by atoms with Crippen LogP contribution < -0.4 is 0 Å². The molecule has 0 rings (SSSR count). The van der Waals surface area contributed by atoms with Crippen LogP contribution in [0.4, 0.5) is 0 Å². The normalized spacial score (nSPS) is 12.8. The Morgan fingerprint density at radius 2 is 0.596 bits per heavy atom. The van der Waals surface area contributed by atoms with E-state index >= 15 is 0 Å². The predicted molar refractivity (Wildman–Crippen MR) is 210 cm³/mol. The van der Waals surface area contributed by atoms with Crippen LogP contribution in [0.5, 0.6) is 0 Å². The Morgan fingerprint density at radius 3 is 0.851 bits per heavy atom. The quantitative estimate of drug-likeness (QED) is 0.0481. The minimum Gasteiger partial charge on any atom is -0.381 e. The maximum absolute atomic E-state index is 6.54. The number of hydrogen-bond acceptors (Lipinski definition) is 2. The van der Waals surface area contributed by atoms with Gasteiger partial charge in [-0.1, -0.05) is 155 Å². The first-order chi connectivity index (χ1) is 22.5. The van der Waals surface area contributed by atoms with Crippen LogP contribution in [0.3, 0.4) is 0 Å². The van der Waals surface area contributed by atoms with Crippen molar-refractivity contribution in [3.05, 3.63) is 0 Å². The molecule has 0 aromatic heterocycles. The number of unbranched alkanes of at least 4 members (excludes halogenated alkanes) is 22. The van der Waals surface area contributed by atoms with Gasteiger partial charge in [0, 0.05) is 18.6 Å². The molecule has 0 fully saturated rings. The average molecular weight is 669 g/mol. The second-order valence-corrected chi connectivity index (χ2v) is 17.6. The summed E-state index contributed by atoms with van der Waals surface area (Å²) in [6.45, 7) is 10.6. The lowest BCUT2D eigenvalue weighted by Crippen LogP contribution is -2.40. The van der Waals surface area contributed by atoms with Gasteiger partial charge in [0.25, 0.3) is 0 Å². The molecule has 0 N–H and O–H groups in total. The summed E-state index contributed by atoms with van der Waals surface area (Å²) in [5.41, 5.74) is 0.151. The summed E-state index contributed by atoms with van der Waals surface area (Å²) in [7, 11) is 14.0. The third-order valence-corrected chi connectivity index (χ3v) is 10.2. The minimum absolute atomic E-state index is 0.151. The van der Waals surface area contributed by atoms with Crippen molar-refractivity contribution < 1.29 is 18.4 Å². The maximum atomic E-state index is 6.54. The van der Waals surface area contributed by atoms with E-state index in [1.165, 1.54) is 193 Å². The largest absolute Gasteiger partial charge is 0.381 e. The van der Waals surface area contributed by atoms with Gasteiger partial charge < -0.3 is 18.4 Å². The van der Waals surface area contributed by atoms with Crippen molar-refractivity contribution in [2.45, 2.75) is 194 Å². The van der Waals surface area contributed by atoms with Crippen molar-refractivity contribution in [2.24, 2.45) is 5.41 Å².